The Hall–Kier alpha value is -1.84. The van der Waals surface area contributed by atoms with E-state index in [-0.39, 0.29) is 5.69 Å². The van der Waals surface area contributed by atoms with Crippen LogP contribution in [-0.2, 0) is 10.0 Å². The maximum atomic E-state index is 12.6. The molecule has 0 saturated heterocycles. The number of nitro groups is 1. The zero-order chi connectivity index (χ0) is 18.1. The third-order valence-corrected chi connectivity index (χ3v) is 5.30. The molecule has 0 heterocycles. The lowest BCUT2D eigenvalue weighted by Crippen LogP contribution is -2.18. The first kappa shape index (κ1) is 18.5. The second-order valence-electron chi connectivity index (χ2n) is 5.01. The third-order valence-electron chi connectivity index (χ3n) is 3.09. The molecule has 0 aliphatic heterocycles. The van der Waals surface area contributed by atoms with Crippen LogP contribution in [0.4, 0.5) is 17.1 Å². The first-order valence-electron chi connectivity index (χ1n) is 6.56. The summed E-state index contributed by atoms with van der Waals surface area (Å²) >= 11 is 9.21. The largest absolute Gasteiger partial charge is 0.375 e. The highest BCUT2D eigenvalue weighted by molar-refractivity contribution is 9.10. The standard InChI is InChI=1S/C14H13BrClN3O4S/c1-18(2)14-10(16)4-3-5-11(14)17-24(22,23)13-7-6-9(15)8-12(13)19(20)21/h3-8,17H,1-2H3. The lowest BCUT2D eigenvalue weighted by Gasteiger charge is -2.20. The van der Waals surface area contributed by atoms with E-state index in [4.69, 9.17) is 11.6 Å². The SMILES string of the molecule is CN(C)c1c(Cl)cccc1NS(=O)(=O)c1ccc(Br)cc1[N+](=O)[O-]. The van der Waals surface area contributed by atoms with Crippen LogP contribution in [0.2, 0.25) is 5.02 Å². The van der Waals surface area contributed by atoms with Gasteiger partial charge in [-0.2, -0.15) is 0 Å². The van der Waals surface area contributed by atoms with Gasteiger partial charge in [0.05, 0.1) is 21.3 Å². The van der Waals surface area contributed by atoms with Gasteiger partial charge in [0.2, 0.25) is 0 Å². The van der Waals surface area contributed by atoms with E-state index in [2.05, 4.69) is 20.7 Å². The average molecular weight is 435 g/mol. The lowest BCUT2D eigenvalue weighted by molar-refractivity contribution is -0.387. The molecule has 7 nitrogen and oxygen atoms in total. The Morgan fingerprint density at radius 2 is 1.92 bits per heavy atom. The molecule has 0 saturated carbocycles. The molecule has 128 valence electrons. The Morgan fingerprint density at radius 1 is 1.25 bits per heavy atom. The van der Waals surface area contributed by atoms with Crippen LogP contribution in [0.25, 0.3) is 0 Å². The topological polar surface area (TPSA) is 92.6 Å². The van der Waals surface area contributed by atoms with Gasteiger partial charge in [0.25, 0.3) is 15.7 Å². The van der Waals surface area contributed by atoms with E-state index in [1.54, 1.807) is 31.1 Å². The van der Waals surface area contributed by atoms with Gasteiger partial charge in [-0.15, -0.1) is 0 Å². The van der Waals surface area contributed by atoms with E-state index < -0.39 is 25.5 Å². The van der Waals surface area contributed by atoms with Crippen molar-refractivity contribution in [1.82, 2.24) is 0 Å². The van der Waals surface area contributed by atoms with Crippen LogP contribution in [0.1, 0.15) is 0 Å². The number of anilines is 2. The van der Waals surface area contributed by atoms with Gasteiger partial charge < -0.3 is 4.90 Å². The Labute approximate surface area is 152 Å². The quantitative estimate of drug-likeness (QED) is 0.569. The molecule has 0 amide bonds. The van der Waals surface area contributed by atoms with Gasteiger partial charge in [-0.25, -0.2) is 8.42 Å². The first-order chi connectivity index (χ1) is 11.1. The molecule has 0 aromatic heterocycles. The highest BCUT2D eigenvalue weighted by Crippen LogP contribution is 2.35. The fourth-order valence-electron chi connectivity index (χ4n) is 2.11. The Balaban J connectivity index is 2.56. The molecule has 2 rings (SSSR count). The van der Waals surface area contributed by atoms with Gasteiger partial charge in [-0.1, -0.05) is 33.6 Å². The minimum Gasteiger partial charge on any atom is -0.375 e. The van der Waals surface area contributed by atoms with Crippen molar-refractivity contribution in [1.29, 1.82) is 0 Å². The predicted octanol–water partition coefficient (Wildman–Crippen LogP) is 3.88. The molecule has 0 fully saturated rings. The molecule has 0 radical (unpaired) electrons. The van der Waals surface area contributed by atoms with Gasteiger partial charge in [-0.05, 0) is 24.3 Å². The maximum Gasteiger partial charge on any atom is 0.291 e. The number of para-hydroxylation sites is 1. The summed E-state index contributed by atoms with van der Waals surface area (Å²) in [6.45, 7) is 0. The van der Waals surface area contributed by atoms with E-state index in [1.165, 1.54) is 18.2 Å². The Bertz CT molecular complexity index is 903. The fourth-order valence-corrected chi connectivity index (χ4v) is 4.03. The number of sulfonamides is 1. The summed E-state index contributed by atoms with van der Waals surface area (Å²) in [6.07, 6.45) is 0. The summed E-state index contributed by atoms with van der Waals surface area (Å²) in [4.78, 5) is 11.6. The molecule has 0 aliphatic rings. The highest BCUT2D eigenvalue weighted by Gasteiger charge is 2.27. The van der Waals surface area contributed by atoms with Crippen LogP contribution >= 0.6 is 27.5 Å². The van der Waals surface area contributed by atoms with E-state index in [9.17, 15) is 18.5 Å². The summed E-state index contributed by atoms with van der Waals surface area (Å²) in [6, 6.07) is 8.47. The molecular formula is C14H13BrClN3O4S. The van der Waals surface area contributed by atoms with E-state index >= 15 is 0 Å². The molecule has 0 spiro atoms. The molecule has 0 atom stereocenters. The number of rotatable bonds is 5. The summed E-state index contributed by atoms with van der Waals surface area (Å²) < 4.78 is 28.0. The van der Waals surface area contributed by atoms with Crippen LogP contribution < -0.4 is 9.62 Å². The molecule has 2 aromatic rings. The zero-order valence-electron chi connectivity index (χ0n) is 12.7. The number of halogens is 2. The molecule has 0 bridgehead atoms. The summed E-state index contributed by atoms with van der Waals surface area (Å²) in [7, 11) is -0.758. The van der Waals surface area contributed by atoms with Crippen molar-refractivity contribution in [2.75, 3.05) is 23.7 Å². The molecule has 10 heteroatoms. The van der Waals surface area contributed by atoms with E-state index in [0.717, 1.165) is 6.07 Å². The Kier molecular flexibility index (Phi) is 5.36. The normalized spacial score (nSPS) is 11.2. The lowest BCUT2D eigenvalue weighted by atomic mass is 10.2. The zero-order valence-corrected chi connectivity index (χ0v) is 15.8. The average Bonchev–Trinajstić information content (AvgIpc) is 2.45. The van der Waals surface area contributed by atoms with Crippen LogP contribution in [0, 0.1) is 10.1 Å². The summed E-state index contributed by atoms with van der Waals surface area (Å²) in [5.74, 6) is 0. The second kappa shape index (κ2) is 6.96. The van der Waals surface area contributed by atoms with E-state index in [1.807, 2.05) is 0 Å². The highest BCUT2D eigenvalue weighted by atomic mass is 79.9. The van der Waals surface area contributed by atoms with Crippen molar-refractivity contribution in [3.05, 3.63) is 56.0 Å². The van der Waals surface area contributed by atoms with Crippen molar-refractivity contribution < 1.29 is 13.3 Å². The summed E-state index contributed by atoms with van der Waals surface area (Å²) in [5.41, 5.74) is 0.164. The minimum atomic E-state index is -4.18. The third kappa shape index (κ3) is 3.80. The van der Waals surface area contributed by atoms with Gasteiger partial charge in [0, 0.05) is 24.6 Å². The number of benzene rings is 2. The van der Waals surface area contributed by atoms with Gasteiger partial charge in [0.15, 0.2) is 4.90 Å². The van der Waals surface area contributed by atoms with Crippen LogP contribution in [-0.4, -0.2) is 27.4 Å². The molecule has 0 unspecified atom stereocenters. The molecule has 2 aromatic carbocycles. The summed E-state index contributed by atoms with van der Waals surface area (Å²) in [5, 5.41) is 11.5. The smallest absolute Gasteiger partial charge is 0.291 e. The van der Waals surface area contributed by atoms with Crippen molar-refractivity contribution in [2.45, 2.75) is 4.90 Å². The molecule has 1 N–H and O–H groups in total. The van der Waals surface area contributed by atoms with Crippen LogP contribution in [0.15, 0.2) is 45.8 Å². The second-order valence-corrected chi connectivity index (χ2v) is 7.98. The monoisotopic (exact) mass is 433 g/mol. The van der Waals surface area contributed by atoms with Crippen molar-refractivity contribution in [2.24, 2.45) is 0 Å². The van der Waals surface area contributed by atoms with Crippen molar-refractivity contribution >= 4 is 54.6 Å². The van der Waals surface area contributed by atoms with Gasteiger partial charge >= 0.3 is 0 Å². The predicted molar refractivity (Wildman–Crippen MR) is 97.4 cm³/mol. The number of hydrogen-bond donors (Lipinski definition) is 1. The molecule has 0 aliphatic carbocycles. The van der Waals surface area contributed by atoms with E-state index in [0.29, 0.717) is 15.2 Å². The van der Waals surface area contributed by atoms with Gasteiger partial charge in [0.1, 0.15) is 0 Å². The number of nitrogens with one attached hydrogen (secondary N) is 1. The van der Waals surface area contributed by atoms with Crippen LogP contribution in [0.3, 0.4) is 0 Å². The van der Waals surface area contributed by atoms with Gasteiger partial charge in [-0.3, -0.25) is 14.8 Å². The number of nitrogens with zero attached hydrogens (tertiary/aromatic N) is 2. The maximum absolute atomic E-state index is 12.6. The number of hydrogen-bond acceptors (Lipinski definition) is 5. The fraction of sp³-hybridized carbons (Fsp3) is 0.143. The number of nitro benzene ring substituents is 1. The molecular weight excluding hydrogens is 422 g/mol. The van der Waals surface area contributed by atoms with Crippen molar-refractivity contribution in [3.8, 4) is 0 Å². The molecule has 24 heavy (non-hydrogen) atoms. The first-order valence-corrected chi connectivity index (χ1v) is 9.21. The Morgan fingerprint density at radius 3 is 2.50 bits per heavy atom. The van der Waals surface area contributed by atoms with Crippen molar-refractivity contribution in [3.63, 3.8) is 0 Å². The van der Waals surface area contributed by atoms with Crippen LogP contribution in [0.5, 0.6) is 0 Å². The minimum absolute atomic E-state index is 0.227.